The van der Waals surface area contributed by atoms with Crippen molar-refractivity contribution >= 4 is 17.7 Å². The van der Waals surface area contributed by atoms with Gasteiger partial charge in [-0.05, 0) is 68.6 Å². The first-order chi connectivity index (χ1) is 24.6. The highest BCUT2D eigenvalue weighted by Gasteiger charge is 2.38. The molecule has 0 aliphatic carbocycles. The van der Waals surface area contributed by atoms with Gasteiger partial charge in [-0.3, -0.25) is 4.79 Å². The maximum Gasteiger partial charge on any atom is 0.251 e. The Bertz CT molecular complexity index is 2010. The van der Waals surface area contributed by atoms with E-state index in [9.17, 15) is 9.90 Å². The lowest BCUT2D eigenvalue weighted by Gasteiger charge is -2.41. The van der Waals surface area contributed by atoms with E-state index in [-0.39, 0.29) is 30.6 Å². The SMILES string of the molecule is C[C@H]1[C@@H](CSc2nnnn2-c2ccccc2)O[C@@H](c2ccc(-c3cccc(CNC(=O)c4ccccc4)c3)cc2)O[C@H]1c1ccc(CO)cc1. The summed E-state index contributed by atoms with van der Waals surface area (Å²) in [4.78, 5) is 12.6. The zero-order valence-electron chi connectivity index (χ0n) is 27.5. The topological polar surface area (TPSA) is 111 Å². The molecule has 10 heteroatoms. The average molecular weight is 684 g/mol. The van der Waals surface area contributed by atoms with Crippen molar-refractivity contribution in [1.82, 2.24) is 25.5 Å². The molecule has 5 aromatic carbocycles. The Morgan fingerprint density at radius 1 is 0.800 bits per heavy atom. The number of rotatable bonds is 11. The van der Waals surface area contributed by atoms with Crippen molar-refractivity contribution in [2.24, 2.45) is 5.92 Å². The Labute approximate surface area is 295 Å². The van der Waals surface area contributed by atoms with Gasteiger partial charge in [-0.25, -0.2) is 0 Å². The lowest BCUT2D eigenvalue weighted by Crippen LogP contribution is -2.38. The van der Waals surface area contributed by atoms with Crippen LogP contribution in [0.5, 0.6) is 0 Å². The number of para-hydroxylation sites is 1. The molecular formula is C40H37N5O4S. The summed E-state index contributed by atoms with van der Waals surface area (Å²) in [7, 11) is 0. The molecule has 4 atom stereocenters. The van der Waals surface area contributed by atoms with Crippen molar-refractivity contribution in [1.29, 1.82) is 0 Å². The first kappa shape index (κ1) is 33.4. The molecule has 9 nitrogen and oxygen atoms in total. The molecule has 0 spiro atoms. The second kappa shape index (κ2) is 15.6. The largest absolute Gasteiger partial charge is 0.392 e. The minimum atomic E-state index is -0.599. The zero-order valence-corrected chi connectivity index (χ0v) is 28.3. The Morgan fingerprint density at radius 2 is 1.52 bits per heavy atom. The van der Waals surface area contributed by atoms with E-state index >= 15 is 0 Å². The Balaban J connectivity index is 1.08. The van der Waals surface area contributed by atoms with E-state index < -0.39 is 6.29 Å². The van der Waals surface area contributed by atoms with Crippen LogP contribution in [0.25, 0.3) is 16.8 Å². The van der Waals surface area contributed by atoms with Gasteiger partial charge in [-0.1, -0.05) is 122 Å². The fourth-order valence-corrected chi connectivity index (χ4v) is 7.09. The number of aliphatic hydroxyl groups is 1. The van der Waals surface area contributed by atoms with Gasteiger partial charge in [-0.15, -0.1) is 5.10 Å². The van der Waals surface area contributed by atoms with E-state index in [2.05, 4.69) is 52.0 Å². The zero-order chi connectivity index (χ0) is 34.3. The monoisotopic (exact) mass is 683 g/mol. The summed E-state index contributed by atoms with van der Waals surface area (Å²) >= 11 is 1.55. The molecule has 1 amide bonds. The highest BCUT2D eigenvalue weighted by atomic mass is 32.2. The number of aliphatic hydroxyl groups excluding tert-OH is 1. The van der Waals surface area contributed by atoms with Crippen molar-refractivity contribution in [2.45, 2.75) is 43.7 Å². The van der Waals surface area contributed by atoms with E-state index in [4.69, 9.17) is 9.47 Å². The second-order valence-corrected chi connectivity index (χ2v) is 13.2. The molecule has 0 saturated carbocycles. The van der Waals surface area contributed by atoms with Crippen molar-refractivity contribution in [3.63, 3.8) is 0 Å². The molecule has 1 fully saturated rings. The average Bonchev–Trinajstić information content (AvgIpc) is 3.66. The molecule has 7 rings (SSSR count). The van der Waals surface area contributed by atoms with Gasteiger partial charge in [-0.2, -0.15) is 4.68 Å². The standard InChI is InChI=1S/C40H37N5O4S/c1-27-36(26-50-40-42-43-44-45(40)35-13-6-3-7-14-35)48-39(49-37(27)31-17-15-28(25-46)16-18-31)33-21-19-30(20-22-33)34-12-8-9-29(23-34)24-41-38(47)32-10-4-2-5-11-32/h2-23,27,36-37,39,46H,24-26H2,1H3,(H,41,47)/t27-,36+,37+,39+/m0/s1. The van der Waals surface area contributed by atoms with E-state index in [1.165, 1.54) is 0 Å². The van der Waals surface area contributed by atoms with Crippen molar-refractivity contribution < 1.29 is 19.4 Å². The van der Waals surface area contributed by atoms with Crippen LogP contribution in [0.4, 0.5) is 0 Å². The number of aromatic nitrogens is 4. The summed E-state index contributed by atoms with van der Waals surface area (Å²) < 4.78 is 15.1. The Morgan fingerprint density at radius 3 is 2.26 bits per heavy atom. The summed E-state index contributed by atoms with van der Waals surface area (Å²) in [5.41, 5.74) is 7.43. The van der Waals surface area contributed by atoms with Crippen molar-refractivity contribution in [3.05, 3.63) is 161 Å². The fraction of sp³-hybridized carbons (Fsp3) is 0.200. The van der Waals surface area contributed by atoms with Crippen LogP contribution in [-0.4, -0.2) is 43.1 Å². The van der Waals surface area contributed by atoms with E-state index in [0.717, 1.165) is 39.1 Å². The summed E-state index contributed by atoms with van der Waals surface area (Å²) in [5.74, 6) is 0.533. The van der Waals surface area contributed by atoms with Gasteiger partial charge < -0.3 is 19.9 Å². The number of amides is 1. The van der Waals surface area contributed by atoms with Gasteiger partial charge in [0.25, 0.3) is 5.91 Å². The Hall–Kier alpha value is -5.13. The smallest absolute Gasteiger partial charge is 0.251 e. The van der Waals surface area contributed by atoms with Crippen LogP contribution in [0.2, 0.25) is 0 Å². The second-order valence-electron chi connectivity index (χ2n) is 12.2. The molecule has 1 aliphatic heterocycles. The summed E-state index contributed by atoms with van der Waals surface area (Å²) in [5, 5.41) is 25.7. The number of nitrogens with zero attached hydrogens (tertiary/aromatic N) is 4. The molecule has 2 heterocycles. The highest BCUT2D eigenvalue weighted by molar-refractivity contribution is 7.99. The van der Waals surface area contributed by atoms with Crippen molar-refractivity contribution in [3.8, 4) is 16.8 Å². The maximum absolute atomic E-state index is 12.6. The van der Waals surface area contributed by atoms with E-state index in [1.54, 1.807) is 28.6 Å². The van der Waals surface area contributed by atoms with Crippen LogP contribution in [-0.2, 0) is 22.6 Å². The number of carbonyl (C=O) groups is 1. The van der Waals surface area contributed by atoms with Gasteiger partial charge in [0.1, 0.15) is 0 Å². The fourth-order valence-electron chi connectivity index (χ4n) is 6.03. The lowest BCUT2D eigenvalue weighted by atomic mass is 9.91. The molecule has 252 valence electrons. The third-order valence-corrected chi connectivity index (χ3v) is 9.88. The number of nitrogens with one attached hydrogen (secondary N) is 1. The van der Waals surface area contributed by atoms with Gasteiger partial charge in [0, 0.05) is 29.3 Å². The number of benzene rings is 5. The number of hydrogen-bond acceptors (Lipinski definition) is 8. The normalized spacial score (nSPS) is 18.8. The first-order valence-corrected chi connectivity index (χ1v) is 17.5. The lowest BCUT2D eigenvalue weighted by molar-refractivity contribution is -0.268. The quantitative estimate of drug-likeness (QED) is 0.137. The van der Waals surface area contributed by atoms with Gasteiger partial charge in [0.05, 0.1) is 24.5 Å². The molecule has 1 aromatic heterocycles. The molecule has 6 aromatic rings. The first-order valence-electron chi connectivity index (χ1n) is 16.6. The third-order valence-electron chi connectivity index (χ3n) is 8.87. The van der Waals surface area contributed by atoms with Gasteiger partial charge >= 0.3 is 0 Å². The van der Waals surface area contributed by atoms with Crippen LogP contribution >= 0.6 is 11.8 Å². The number of thioether (sulfide) groups is 1. The summed E-state index contributed by atoms with van der Waals surface area (Å²) in [6, 6.07) is 43.4. The number of tetrazole rings is 1. The minimum Gasteiger partial charge on any atom is -0.392 e. The van der Waals surface area contributed by atoms with Crippen LogP contribution in [0, 0.1) is 5.92 Å². The van der Waals surface area contributed by atoms with Crippen LogP contribution in [0.1, 0.15) is 51.9 Å². The Kier molecular flexibility index (Phi) is 10.4. The van der Waals surface area contributed by atoms with E-state index in [1.807, 2.05) is 97.1 Å². The van der Waals surface area contributed by atoms with Crippen molar-refractivity contribution in [2.75, 3.05) is 5.75 Å². The molecule has 0 unspecified atom stereocenters. The maximum atomic E-state index is 12.6. The van der Waals surface area contributed by atoms with Crippen LogP contribution in [0.3, 0.4) is 0 Å². The van der Waals surface area contributed by atoms with Gasteiger partial charge in [0.2, 0.25) is 5.16 Å². The minimum absolute atomic E-state index is 0.0138. The molecule has 50 heavy (non-hydrogen) atoms. The highest BCUT2D eigenvalue weighted by Crippen LogP contribution is 2.43. The molecule has 1 saturated heterocycles. The van der Waals surface area contributed by atoms with Crippen LogP contribution < -0.4 is 5.32 Å². The molecular weight excluding hydrogens is 647 g/mol. The predicted molar refractivity (Wildman–Crippen MR) is 192 cm³/mol. The molecule has 0 bridgehead atoms. The number of carbonyl (C=O) groups excluding carboxylic acids is 1. The molecule has 0 radical (unpaired) electrons. The number of ether oxygens (including phenoxy) is 2. The predicted octanol–water partition coefficient (Wildman–Crippen LogP) is 7.34. The summed E-state index contributed by atoms with van der Waals surface area (Å²) in [6.07, 6.45) is -1.01. The van der Waals surface area contributed by atoms with Gasteiger partial charge in [0.15, 0.2) is 6.29 Å². The number of hydrogen-bond donors (Lipinski definition) is 2. The third kappa shape index (κ3) is 7.69. The molecule has 2 N–H and O–H groups in total. The van der Waals surface area contributed by atoms with Crippen LogP contribution in [0.15, 0.2) is 139 Å². The molecule has 1 aliphatic rings. The summed E-state index contributed by atoms with van der Waals surface area (Å²) in [6.45, 7) is 2.56. The van der Waals surface area contributed by atoms with E-state index in [0.29, 0.717) is 23.0 Å².